The van der Waals surface area contributed by atoms with Gasteiger partial charge in [0.1, 0.15) is 0 Å². The van der Waals surface area contributed by atoms with E-state index in [-0.39, 0.29) is 0 Å². The van der Waals surface area contributed by atoms with Gasteiger partial charge in [-0.3, -0.25) is 0 Å². The van der Waals surface area contributed by atoms with Crippen LogP contribution < -0.4 is 0 Å². The lowest BCUT2D eigenvalue weighted by Gasteiger charge is -2.25. The molecule has 1 atom stereocenters. The molecule has 0 saturated carbocycles. The molecule has 0 spiro atoms. The molecule has 0 aliphatic carbocycles. The Morgan fingerprint density at radius 3 is 2.73 bits per heavy atom. The zero-order valence-corrected chi connectivity index (χ0v) is 7.64. The summed E-state index contributed by atoms with van der Waals surface area (Å²) >= 11 is 0. The Bertz CT molecular complexity index is 127. The quantitative estimate of drug-likeness (QED) is 0.631. The molecule has 2 heteroatoms. The minimum atomic E-state index is 0.484. The SMILES string of the molecule is CCC1(C)CCCN(O)CC1. The zero-order valence-electron chi connectivity index (χ0n) is 7.64. The molecule has 1 aliphatic heterocycles. The lowest BCUT2D eigenvalue weighted by molar-refractivity contribution is -0.0892. The van der Waals surface area contributed by atoms with Crippen LogP contribution in [0.15, 0.2) is 0 Å². The van der Waals surface area contributed by atoms with Crippen LogP contribution >= 0.6 is 0 Å². The van der Waals surface area contributed by atoms with Crippen molar-refractivity contribution in [1.29, 1.82) is 0 Å². The van der Waals surface area contributed by atoms with E-state index in [1.54, 1.807) is 0 Å². The monoisotopic (exact) mass is 157 g/mol. The summed E-state index contributed by atoms with van der Waals surface area (Å²) < 4.78 is 0. The maximum atomic E-state index is 9.25. The molecule has 0 aromatic heterocycles. The summed E-state index contributed by atoms with van der Waals surface area (Å²) in [7, 11) is 0. The molecule has 1 N–H and O–H groups in total. The van der Waals surface area contributed by atoms with Crippen LogP contribution in [0.3, 0.4) is 0 Å². The number of hydrogen-bond donors (Lipinski definition) is 1. The van der Waals surface area contributed by atoms with Gasteiger partial charge in [0.25, 0.3) is 0 Å². The van der Waals surface area contributed by atoms with Crippen molar-refractivity contribution in [3.05, 3.63) is 0 Å². The Kier molecular flexibility index (Phi) is 2.90. The first-order valence-electron chi connectivity index (χ1n) is 4.60. The van der Waals surface area contributed by atoms with Crippen molar-refractivity contribution < 1.29 is 5.21 Å². The number of rotatable bonds is 1. The topological polar surface area (TPSA) is 23.5 Å². The summed E-state index contributed by atoms with van der Waals surface area (Å²) in [6.07, 6.45) is 4.78. The van der Waals surface area contributed by atoms with Gasteiger partial charge in [0.2, 0.25) is 0 Å². The van der Waals surface area contributed by atoms with Crippen molar-refractivity contribution in [2.24, 2.45) is 5.41 Å². The van der Waals surface area contributed by atoms with Gasteiger partial charge in [-0.25, -0.2) is 0 Å². The fraction of sp³-hybridized carbons (Fsp3) is 1.00. The fourth-order valence-corrected chi connectivity index (χ4v) is 1.68. The van der Waals surface area contributed by atoms with E-state index in [1.165, 1.54) is 17.9 Å². The highest BCUT2D eigenvalue weighted by Crippen LogP contribution is 2.33. The Hall–Kier alpha value is -0.0800. The number of nitrogens with zero attached hydrogens (tertiary/aromatic N) is 1. The third kappa shape index (κ3) is 2.46. The highest BCUT2D eigenvalue weighted by Gasteiger charge is 2.25. The predicted molar refractivity (Wildman–Crippen MR) is 45.6 cm³/mol. The number of hydroxylamine groups is 2. The molecule has 1 aliphatic rings. The van der Waals surface area contributed by atoms with Crippen molar-refractivity contribution >= 4 is 0 Å². The molecule has 0 aromatic rings. The molecule has 66 valence electrons. The van der Waals surface area contributed by atoms with Gasteiger partial charge in [0.15, 0.2) is 0 Å². The lowest BCUT2D eigenvalue weighted by atomic mass is 9.80. The van der Waals surface area contributed by atoms with Gasteiger partial charge in [-0.1, -0.05) is 20.3 Å². The van der Waals surface area contributed by atoms with E-state index in [2.05, 4.69) is 13.8 Å². The summed E-state index contributed by atoms with van der Waals surface area (Å²) in [5.74, 6) is 0. The summed E-state index contributed by atoms with van der Waals surface area (Å²) in [6.45, 7) is 6.28. The molecule has 0 amide bonds. The third-order valence-corrected chi connectivity index (χ3v) is 3.02. The standard InChI is InChI=1S/C9H19NO/c1-3-9(2)5-4-7-10(11)8-6-9/h11H,3-8H2,1-2H3. The maximum Gasteiger partial charge on any atom is 0.0243 e. The fourth-order valence-electron chi connectivity index (χ4n) is 1.68. The lowest BCUT2D eigenvalue weighted by Crippen LogP contribution is -2.21. The van der Waals surface area contributed by atoms with Crippen LogP contribution in [-0.4, -0.2) is 23.4 Å². The summed E-state index contributed by atoms with van der Waals surface area (Å²) in [5, 5.41) is 10.7. The third-order valence-electron chi connectivity index (χ3n) is 3.02. The van der Waals surface area contributed by atoms with Crippen LogP contribution in [0, 0.1) is 5.41 Å². The zero-order chi connectivity index (χ0) is 8.32. The van der Waals surface area contributed by atoms with E-state index in [1.807, 2.05) is 0 Å². The molecule has 0 radical (unpaired) electrons. The van der Waals surface area contributed by atoms with Crippen LogP contribution in [0.25, 0.3) is 0 Å². The molecular formula is C9H19NO. The highest BCUT2D eigenvalue weighted by molar-refractivity contribution is 4.76. The Labute approximate surface area is 69.2 Å². The van der Waals surface area contributed by atoms with Crippen LogP contribution in [0.2, 0.25) is 0 Å². The Morgan fingerprint density at radius 1 is 1.36 bits per heavy atom. The minimum Gasteiger partial charge on any atom is -0.314 e. The molecule has 11 heavy (non-hydrogen) atoms. The van der Waals surface area contributed by atoms with Gasteiger partial charge < -0.3 is 5.21 Å². The van der Waals surface area contributed by atoms with Crippen molar-refractivity contribution in [3.63, 3.8) is 0 Å². The molecule has 0 bridgehead atoms. The predicted octanol–water partition coefficient (Wildman–Crippen LogP) is 2.28. The second-order valence-corrected chi connectivity index (χ2v) is 3.97. The van der Waals surface area contributed by atoms with Crippen LogP contribution in [0.4, 0.5) is 0 Å². The Morgan fingerprint density at radius 2 is 2.09 bits per heavy atom. The average Bonchev–Trinajstić information content (AvgIpc) is 2.15. The van der Waals surface area contributed by atoms with Crippen LogP contribution in [-0.2, 0) is 0 Å². The molecule has 1 rings (SSSR count). The first kappa shape index (κ1) is 9.01. The average molecular weight is 157 g/mol. The molecule has 0 aromatic carbocycles. The van der Waals surface area contributed by atoms with Crippen molar-refractivity contribution in [3.8, 4) is 0 Å². The van der Waals surface area contributed by atoms with E-state index in [0.29, 0.717) is 5.41 Å². The second-order valence-electron chi connectivity index (χ2n) is 3.97. The highest BCUT2D eigenvalue weighted by atomic mass is 16.5. The van der Waals surface area contributed by atoms with Gasteiger partial charge in [-0.15, -0.1) is 0 Å². The first-order chi connectivity index (χ1) is 5.16. The van der Waals surface area contributed by atoms with Gasteiger partial charge in [0, 0.05) is 13.1 Å². The van der Waals surface area contributed by atoms with Gasteiger partial charge in [-0.05, 0) is 24.7 Å². The van der Waals surface area contributed by atoms with E-state index in [4.69, 9.17) is 0 Å². The number of hydrogen-bond acceptors (Lipinski definition) is 2. The molecule has 1 heterocycles. The van der Waals surface area contributed by atoms with Gasteiger partial charge in [-0.2, -0.15) is 5.06 Å². The largest absolute Gasteiger partial charge is 0.314 e. The second kappa shape index (κ2) is 3.55. The normalized spacial score (nSPS) is 35.2. The van der Waals surface area contributed by atoms with Crippen LogP contribution in [0.5, 0.6) is 0 Å². The maximum absolute atomic E-state index is 9.25. The first-order valence-corrected chi connectivity index (χ1v) is 4.60. The van der Waals surface area contributed by atoms with Crippen LogP contribution in [0.1, 0.15) is 39.5 Å². The van der Waals surface area contributed by atoms with Crippen molar-refractivity contribution in [2.45, 2.75) is 39.5 Å². The Balaban J connectivity index is 2.45. The molecule has 1 saturated heterocycles. The molecule has 2 nitrogen and oxygen atoms in total. The smallest absolute Gasteiger partial charge is 0.0243 e. The van der Waals surface area contributed by atoms with E-state index >= 15 is 0 Å². The van der Waals surface area contributed by atoms with E-state index in [0.717, 1.165) is 25.9 Å². The van der Waals surface area contributed by atoms with E-state index < -0.39 is 0 Å². The van der Waals surface area contributed by atoms with Gasteiger partial charge in [0.05, 0.1) is 0 Å². The van der Waals surface area contributed by atoms with Gasteiger partial charge >= 0.3 is 0 Å². The van der Waals surface area contributed by atoms with Crippen molar-refractivity contribution in [1.82, 2.24) is 5.06 Å². The summed E-state index contributed by atoms with van der Waals surface area (Å²) in [4.78, 5) is 0. The molecular weight excluding hydrogens is 138 g/mol. The minimum absolute atomic E-state index is 0.484. The van der Waals surface area contributed by atoms with E-state index in [9.17, 15) is 5.21 Å². The molecule has 1 fully saturated rings. The summed E-state index contributed by atoms with van der Waals surface area (Å²) in [6, 6.07) is 0. The molecule has 1 unspecified atom stereocenters. The van der Waals surface area contributed by atoms with Crippen molar-refractivity contribution in [2.75, 3.05) is 13.1 Å². The summed E-state index contributed by atoms with van der Waals surface area (Å²) in [5.41, 5.74) is 0.484.